The van der Waals surface area contributed by atoms with E-state index >= 15 is 0 Å². The van der Waals surface area contributed by atoms with Crippen molar-refractivity contribution in [1.82, 2.24) is 14.5 Å². The number of hydrogen-bond acceptors (Lipinski definition) is 4. The van der Waals surface area contributed by atoms with Gasteiger partial charge in [0.25, 0.3) is 0 Å². The third kappa shape index (κ3) is 4.83. The highest BCUT2D eigenvalue weighted by Crippen LogP contribution is 2.46. The van der Waals surface area contributed by atoms with Crippen LogP contribution in [0.2, 0.25) is 0 Å². The number of nitrogens with zero attached hydrogens (tertiary/aromatic N) is 3. The second-order valence-electron chi connectivity index (χ2n) is 12.8. The van der Waals surface area contributed by atoms with Crippen LogP contribution in [0.5, 0.6) is 11.5 Å². The normalized spacial score (nSPS) is 11.5. The molecule has 0 aliphatic heterocycles. The van der Waals surface area contributed by atoms with Crippen LogP contribution in [0, 0.1) is 0 Å². The first kappa shape index (κ1) is 31.5. The Morgan fingerprint density at radius 2 is 1.08 bits per heavy atom. The van der Waals surface area contributed by atoms with E-state index in [0.29, 0.717) is 11.3 Å². The number of hydrogen-bond donors (Lipinski definition) is 2. The Hall–Kier alpha value is -6.53. The molecule has 2 N–H and O–H groups in total. The zero-order chi connectivity index (χ0) is 35.5. The Morgan fingerprint density at radius 1 is 0.481 bits per heavy atom. The maximum Gasteiger partial charge on any atom is 0.167 e. The van der Waals surface area contributed by atoms with E-state index in [1.165, 1.54) is 0 Å². The first-order valence-corrected chi connectivity index (χ1v) is 16.8. The molecule has 0 unspecified atom stereocenters. The van der Waals surface area contributed by atoms with Crippen LogP contribution in [0.15, 0.2) is 146 Å². The topological polar surface area (TPSA) is 71.2 Å². The van der Waals surface area contributed by atoms with Crippen LogP contribution in [0.4, 0.5) is 0 Å². The molecule has 2 heterocycles. The highest BCUT2D eigenvalue weighted by atomic mass is 16.3. The van der Waals surface area contributed by atoms with E-state index in [0.717, 1.165) is 66.1 Å². The molecule has 7 aromatic carbocycles. The zero-order valence-electron chi connectivity index (χ0n) is 27.8. The van der Waals surface area contributed by atoms with Crippen LogP contribution in [0.1, 0.15) is 0 Å². The van der Waals surface area contributed by atoms with Gasteiger partial charge in [-0.3, -0.25) is 9.55 Å². The maximum atomic E-state index is 11.3. The van der Waals surface area contributed by atoms with Crippen molar-refractivity contribution in [3.63, 3.8) is 0 Å². The number of phenolic OH excluding ortho intramolecular Hbond substituents is 2. The molecule has 0 aliphatic rings. The van der Waals surface area contributed by atoms with Gasteiger partial charge in [0.1, 0.15) is 35.1 Å². The van der Waals surface area contributed by atoms with Crippen LogP contribution in [0.3, 0.4) is 0 Å². The molecule has 0 bridgehead atoms. The lowest BCUT2D eigenvalue weighted by Gasteiger charge is -2.22. The Labute approximate surface area is 304 Å². The highest BCUT2D eigenvalue weighted by molar-refractivity contribution is 6.59. The number of pyridine rings is 1. The molecule has 6 radical (unpaired) electrons. The monoisotopic (exact) mass is 661 g/mol. The number of aromatic nitrogens is 3. The molecule has 0 spiro atoms. The molecular weight excluding hydrogens is 635 g/mol. The fraction of sp³-hybridized carbons (Fsp3) is 0. The highest BCUT2D eigenvalue weighted by Gasteiger charge is 2.26. The maximum absolute atomic E-state index is 11.3. The van der Waals surface area contributed by atoms with E-state index in [1.807, 2.05) is 59.3 Å². The summed E-state index contributed by atoms with van der Waals surface area (Å²) in [6, 6.07) is 45.4. The number of benzene rings is 7. The molecule has 0 atom stereocenters. The first-order valence-electron chi connectivity index (χ1n) is 16.8. The van der Waals surface area contributed by atoms with E-state index in [9.17, 15) is 10.2 Å². The van der Waals surface area contributed by atoms with Gasteiger partial charge in [0.05, 0.1) is 22.3 Å². The number of aromatic hydroxyl groups is 2. The molecule has 8 heteroatoms. The zero-order valence-corrected chi connectivity index (χ0v) is 27.8. The minimum absolute atomic E-state index is 0.0247. The smallest absolute Gasteiger partial charge is 0.167 e. The van der Waals surface area contributed by atoms with Crippen LogP contribution < -0.4 is 16.4 Å². The summed E-state index contributed by atoms with van der Waals surface area (Å²) in [6.07, 6.45) is 3.66. The molecular formula is C44H26B3N3O2. The molecule has 9 rings (SSSR count). The SMILES string of the molecule is [B]c1c([B])c(O)c(O)c(-c2nc3ccccc3n2-c2ccccc2-c2c3ccccc3c(-c3ccc(-c4cccnc4)cc3)c3ccccc23)c1[B]. The van der Waals surface area contributed by atoms with Crippen molar-refractivity contribution in [3.05, 3.63) is 146 Å². The minimum Gasteiger partial charge on any atom is -0.505 e. The fourth-order valence-corrected chi connectivity index (χ4v) is 7.42. The summed E-state index contributed by atoms with van der Waals surface area (Å²) in [7, 11) is 18.8. The van der Waals surface area contributed by atoms with E-state index in [-0.39, 0.29) is 22.0 Å². The summed E-state index contributed by atoms with van der Waals surface area (Å²) in [5.74, 6) is -0.729. The molecule has 0 aliphatic carbocycles. The quantitative estimate of drug-likeness (QED) is 0.117. The second-order valence-corrected chi connectivity index (χ2v) is 12.8. The Bertz CT molecular complexity index is 2770. The Balaban J connectivity index is 1.34. The summed E-state index contributed by atoms with van der Waals surface area (Å²) in [5, 5.41) is 26.5. The lowest BCUT2D eigenvalue weighted by Crippen LogP contribution is -2.40. The number of fused-ring (bicyclic) bond motifs is 3. The van der Waals surface area contributed by atoms with Crippen molar-refractivity contribution >= 4 is 72.5 Å². The van der Waals surface area contributed by atoms with Gasteiger partial charge in [0.2, 0.25) is 0 Å². The van der Waals surface area contributed by atoms with Crippen LogP contribution >= 0.6 is 0 Å². The largest absolute Gasteiger partial charge is 0.505 e. The third-order valence-corrected chi connectivity index (χ3v) is 9.86. The molecule has 0 fully saturated rings. The van der Waals surface area contributed by atoms with Crippen molar-refractivity contribution in [3.8, 4) is 62.0 Å². The van der Waals surface area contributed by atoms with Gasteiger partial charge in [-0.1, -0.05) is 120 Å². The van der Waals surface area contributed by atoms with E-state index in [4.69, 9.17) is 28.5 Å². The van der Waals surface area contributed by atoms with Crippen LogP contribution in [-0.2, 0) is 0 Å². The lowest BCUT2D eigenvalue weighted by molar-refractivity contribution is 0.408. The van der Waals surface area contributed by atoms with Crippen molar-refractivity contribution in [2.75, 3.05) is 0 Å². The van der Waals surface area contributed by atoms with Crippen molar-refractivity contribution < 1.29 is 10.2 Å². The summed E-state index contributed by atoms with van der Waals surface area (Å²) in [5.41, 5.74) is 8.52. The molecule has 0 saturated heterocycles. The second kappa shape index (κ2) is 12.4. The Morgan fingerprint density at radius 3 is 1.75 bits per heavy atom. The minimum atomic E-state index is -0.547. The first-order chi connectivity index (χ1) is 25.4. The predicted molar refractivity (Wildman–Crippen MR) is 215 cm³/mol. The van der Waals surface area contributed by atoms with Gasteiger partial charge in [0, 0.05) is 18.0 Å². The van der Waals surface area contributed by atoms with Crippen LogP contribution in [0.25, 0.3) is 83.0 Å². The summed E-state index contributed by atoms with van der Waals surface area (Å²) in [6.45, 7) is 0. The van der Waals surface area contributed by atoms with E-state index in [1.54, 1.807) is 6.20 Å². The number of rotatable bonds is 5. The van der Waals surface area contributed by atoms with Crippen LogP contribution in [-0.4, -0.2) is 48.3 Å². The molecule has 0 saturated carbocycles. The molecule has 0 amide bonds. The van der Waals surface area contributed by atoms with E-state index < -0.39 is 11.5 Å². The summed E-state index contributed by atoms with van der Waals surface area (Å²) < 4.78 is 1.96. The number of imidazole rings is 1. The van der Waals surface area contributed by atoms with E-state index in [2.05, 4.69) is 89.9 Å². The molecule has 52 heavy (non-hydrogen) atoms. The van der Waals surface area contributed by atoms with Gasteiger partial charge in [-0.15, -0.1) is 5.46 Å². The summed E-state index contributed by atoms with van der Waals surface area (Å²) in [4.78, 5) is 9.25. The third-order valence-electron chi connectivity index (χ3n) is 9.86. The van der Waals surface area contributed by atoms with Crippen molar-refractivity contribution in [2.45, 2.75) is 0 Å². The molecule has 238 valence electrons. The number of phenols is 2. The molecule has 9 aromatic rings. The Kier molecular flexibility index (Phi) is 7.48. The van der Waals surface area contributed by atoms with Gasteiger partial charge < -0.3 is 10.2 Å². The lowest BCUT2D eigenvalue weighted by atomic mass is 9.69. The van der Waals surface area contributed by atoms with Gasteiger partial charge in [0.15, 0.2) is 5.75 Å². The van der Waals surface area contributed by atoms with Crippen molar-refractivity contribution in [1.29, 1.82) is 0 Å². The van der Waals surface area contributed by atoms with Gasteiger partial charge in [-0.25, -0.2) is 4.98 Å². The van der Waals surface area contributed by atoms with Gasteiger partial charge in [-0.05, 0) is 73.6 Å². The summed E-state index contributed by atoms with van der Waals surface area (Å²) >= 11 is 0. The molecule has 2 aromatic heterocycles. The van der Waals surface area contributed by atoms with Gasteiger partial charge in [-0.2, -0.15) is 0 Å². The number of para-hydroxylation sites is 3. The average Bonchev–Trinajstić information content (AvgIpc) is 3.57. The van der Waals surface area contributed by atoms with Gasteiger partial charge >= 0.3 is 0 Å². The fourth-order valence-electron chi connectivity index (χ4n) is 7.42. The molecule has 5 nitrogen and oxygen atoms in total. The predicted octanol–water partition coefficient (Wildman–Crippen LogP) is 7.19. The standard InChI is InChI=1S/C44H26B3N3O2/c45-39-38(42(51)43(52)41(47)40(39)46)44-49-33-16-6-8-18-35(33)50(44)34-17-7-5-15-32(34)37-30-13-3-1-11-28(30)36(29-12-2-4-14-31(29)37)26-21-19-25(20-22-26)27-10-9-23-48-24-27/h1-24,51-52H. The average molecular weight is 661 g/mol. The van der Waals surface area contributed by atoms with Crippen molar-refractivity contribution in [2.24, 2.45) is 0 Å².